The molecule has 0 spiro atoms. The van der Waals surface area contributed by atoms with Crippen LogP contribution >= 0.6 is 0 Å². The number of aromatic nitrogens is 2. The Kier molecular flexibility index (Phi) is 9.42. The van der Waals surface area contributed by atoms with Crippen molar-refractivity contribution in [3.8, 4) is 17.1 Å². The summed E-state index contributed by atoms with van der Waals surface area (Å²) in [6.45, 7) is 4.43. The summed E-state index contributed by atoms with van der Waals surface area (Å²) >= 11 is 0. The molecule has 0 unspecified atom stereocenters. The summed E-state index contributed by atoms with van der Waals surface area (Å²) in [7, 11) is 0. The maximum atomic E-state index is 12.4. The lowest BCUT2D eigenvalue weighted by atomic mass is 10.0. The zero-order chi connectivity index (χ0) is 22.6. The molecule has 0 saturated heterocycles. The van der Waals surface area contributed by atoms with Gasteiger partial charge in [0, 0.05) is 5.56 Å². The average molecular weight is 431 g/mol. The highest BCUT2D eigenvalue weighted by atomic mass is 16.5. The minimum Gasteiger partial charge on any atom is -0.420 e. The highest BCUT2D eigenvalue weighted by Gasteiger charge is 2.10. The standard InChI is InChI=1S/C28H34N2O2/c1-3-5-7-9-11-23-14-18-25(19-15-23)28(31)32-26-20-29-27(30-21-26)24-16-12-22(13-17-24)10-8-6-4-2/h12-21H,3-11H2,1-2H3. The van der Waals surface area contributed by atoms with E-state index in [0.717, 1.165) is 18.4 Å². The molecule has 0 amide bonds. The topological polar surface area (TPSA) is 52.1 Å². The number of nitrogens with zero attached hydrogens (tertiary/aromatic N) is 2. The van der Waals surface area contributed by atoms with Crippen molar-refractivity contribution in [1.29, 1.82) is 0 Å². The van der Waals surface area contributed by atoms with Gasteiger partial charge in [-0.3, -0.25) is 0 Å². The first-order chi connectivity index (χ1) is 15.7. The Balaban J connectivity index is 1.53. The summed E-state index contributed by atoms with van der Waals surface area (Å²) in [5.74, 6) is 0.575. The van der Waals surface area contributed by atoms with Crippen molar-refractivity contribution in [2.45, 2.75) is 71.6 Å². The molecule has 0 fully saturated rings. The predicted molar refractivity (Wildman–Crippen MR) is 130 cm³/mol. The van der Waals surface area contributed by atoms with E-state index in [0.29, 0.717) is 17.1 Å². The first-order valence-corrected chi connectivity index (χ1v) is 11.9. The highest BCUT2D eigenvalue weighted by Crippen LogP contribution is 2.19. The molecule has 4 nitrogen and oxygen atoms in total. The van der Waals surface area contributed by atoms with Crippen LogP contribution in [0.25, 0.3) is 11.4 Å². The molecule has 0 saturated carbocycles. The van der Waals surface area contributed by atoms with Crippen molar-refractivity contribution in [3.63, 3.8) is 0 Å². The second-order valence-electron chi connectivity index (χ2n) is 8.29. The van der Waals surface area contributed by atoms with Gasteiger partial charge in [-0.15, -0.1) is 0 Å². The van der Waals surface area contributed by atoms with E-state index in [1.807, 2.05) is 36.4 Å². The van der Waals surface area contributed by atoms with Crippen LogP contribution < -0.4 is 4.74 Å². The van der Waals surface area contributed by atoms with E-state index in [2.05, 4.69) is 35.9 Å². The van der Waals surface area contributed by atoms with Gasteiger partial charge in [0.15, 0.2) is 11.6 Å². The predicted octanol–water partition coefficient (Wildman–Crippen LogP) is 7.22. The molecule has 168 valence electrons. The summed E-state index contributed by atoms with van der Waals surface area (Å²) in [6.07, 6.45) is 13.9. The van der Waals surface area contributed by atoms with Crippen LogP contribution in [0, 0.1) is 0 Å². The average Bonchev–Trinajstić information content (AvgIpc) is 2.83. The number of aryl methyl sites for hydroxylation is 2. The van der Waals surface area contributed by atoms with Crippen LogP contribution in [0.2, 0.25) is 0 Å². The summed E-state index contributed by atoms with van der Waals surface area (Å²) in [5, 5.41) is 0. The molecule has 0 atom stereocenters. The van der Waals surface area contributed by atoms with Crippen molar-refractivity contribution in [1.82, 2.24) is 9.97 Å². The Morgan fingerprint density at radius 3 is 1.84 bits per heavy atom. The molecule has 4 heteroatoms. The van der Waals surface area contributed by atoms with Gasteiger partial charge in [0.05, 0.1) is 18.0 Å². The maximum Gasteiger partial charge on any atom is 0.343 e. The molecular formula is C28H34N2O2. The van der Waals surface area contributed by atoms with E-state index in [-0.39, 0.29) is 0 Å². The Morgan fingerprint density at radius 2 is 1.25 bits per heavy atom. The van der Waals surface area contributed by atoms with Gasteiger partial charge in [0.1, 0.15) is 0 Å². The molecule has 32 heavy (non-hydrogen) atoms. The molecule has 0 bridgehead atoms. The second-order valence-corrected chi connectivity index (χ2v) is 8.29. The lowest BCUT2D eigenvalue weighted by molar-refractivity contribution is 0.0733. The van der Waals surface area contributed by atoms with Gasteiger partial charge in [-0.05, 0) is 48.9 Å². The van der Waals surface area contributed by atoms with Gasteiger partial charge in [-0.2, -0.15) is 0 Å². The molecule has 0 aliphatic rings. The molecule has 3 aromatic rings. The van der Waals surface area contributed by atoms with E-state index in [1.165, 1.54) is 56.1 Å². The Bertz CT molecular complexity index is 948. The number of hydrogen-bond donors (Lipinski definition) is 0. The summed E-state index contributed by atoms with van der Waals surface area (Å²) < 4.78 is 5.45. The number of carbonyl (C=O) groups excluding carboxylic acids is 1. The van der Waals surface area contributed by atoms with Crippen LogP contribution in [-0.4, -0.2) is 15.9 Å². The van der Waals surface area contributed by atoms with Crippen LogP contribution in [-0.2, 0) is 12.8 Å². The third kappa shape index (κ3) is 7.30. The number of rotatable bonds is 12. The van der Waals surface area contributed by atoms with Crippen molar-refractivity contribution >= 4 is 5.97 Å². The van der Waals surface area contributed by atoms with Crippen LogP contribution in [0.1, 0.15) is 80.3 Å². The van der Waals surface area contributed by atoms with Gasteiger partial charge in [-0.25, -0.2) is 14.8 Å². The molecule has 1 aromatic heterocycles. The normalized spacial score (nSPS) is 10.8. The lowest BCUT2D eigenvalue weighted by Gasteiger charge is -2.07. The third-order valence-corrected chi connectivity index (χ3v) is 5.63. The smallest absolute Gasteiger partial charge is 0.343 e. The molecule has 2 aromatic carbocycles. The number of benzene rings is 2. The molecule has 0 aliphatic carbocycles. The molecule has 3 rings (SSSR count). The second kappa shape index (κ2) is 12.7. The minimum atomic E-state index is -0.393. The molecule has 0 aliphatic heterocycles. The van der Waals surface area contributed by atoms with Gasteiger partial charge in [0.25, 0.3) is 0 Å². The SMILES string of the molecule is CCCCCCc1ccc(C(=O)Oc2cnc(-c3ccc(CCCCC)cc3)nc2)cc1. The van der Waals surface area contributed by atoms with Crippen LogP contribution in [0.4, 0.5) is 0 Å². The van der Waals surface area contributed by atoms with Crippen LogP contribution in [0.3, 0.4) is 0 Å². The number of carbonyl (C=O) groups is 1. The van der Waals surface area contributed by atoms with Gasteiger partial charge < -0.3 is 4.74 Å². The molecule has 0 radical (unpaired) electrons. The van der Waals surface area contributed by atoms with E-state index in [9.17, 15) is 4.79 Å². The monoisotopic (exact) mass is 430 g/mol. The van der Waals surface area contributed by atoms with Crippen molar-refractivity contribution in [3.05, 3.63) is 77.6 Å². The van der Waals surface area contributed by atoms with E-state index in [1.54, 1.807) is 12.4 Å². The zero-order valence-electron chi connectivity index (χ0n) is 19.3. The number of ether oxygens (including phenoxy) is 1. The quantitative estimate of drug-likeness (QED) is 0.225. The maximum absolute atomic E-state index is 12.4. The Morgan fingerprint density at radius 1 is 0.719 bits per heavy atom. The van der Waals surface area contributed by atoms with E-state index in [4.69, 9.17) is 4.74 Å². The summed E-state index contributed by atoms with van der Waals surface area (Å²) in [4.78, 5) is 21.2. The Labute approximate surface area is 192 Å². The fourth-order valence-electron chi connectivity index (χ4n) is 3.65. The highest BCUT2D eigenvalue weighted by molar-refractivity contribution is 5.91. The fourth-order valence-corrected chi connectivity index (χ4v) is 3.65. The first kappa shape index (κ1) is 23.6. The number of esters is 1. The number of unbranched alkanes of at least 4 members (excludes halogenated alkanes) is 5. The van der Waals surface area contributed by atoms with Gasteiger partial charge in [-0.1, -0.05) is 82.3 Å². The molecule has 0 N–H and O–H groups in total. The largest absolute Gasteiger partial charge is 0.420 e. The summed E-state index contributed by atoms with van der Waals surface area (Å²) in [5.41, 5.74) is 4.07. The van der Waals surface area contributed by atoms with Crippen molar-refractivity contribution in [2.75, 3.05) is 0 Å². The molecule has 1 heterocycles. The Hall–Kier alpha value is -3.01. The summed E-state index contributed by atoms with van der Waals surface area (Å²) in [6, 6.07) is 16.0. The third-order valence-electron chi connectivity index (χ3n) is 5.63. The minimum absolute atomic E-state index is 0.346. The van der Waals surface area contributed by atoms with Gasteiger partial charge >= 0.3 is 5.97 Å². The van der Waals surface area contributed by atoms with E-state index >= 15 is 0 Å². The van der Waals surface area contributed by atoms with Gasteiger partial charge in [0.2, 0.25) is 0 Å². The van der Waals surface area contributed by atoms with Crippen molar-refractivity contribution < 1.29 is 9.53 Å². The number of hydrogen-bond acceptors (Lipinski definition) is 4. The first-order valence-electron chi connectivity index (χ1n) is 11.9. The lowest BCUT2D eigenvalue weighted by Crippen LogP contribution is -2.09. The van der Waals surface area contributed by atoms with E-state index < -0.39 is 5.97 Å². The van der Waals surface area contributed by atoms with Crippen molar-refractivity contribution in [2.24, 2.45) is 0 Å². The zero-order valence-corrected chi connectivity index (χ0v) is 19.3. The van der Waals surface area contributed by atoms with Crippen LogP contribution in [0.15, 0.2) is 60.9 Å². The molecular weight excluding hydrogens is 396 g/mol. The fraction of sp³-hybridized carbons (Fsp3) is 0.393. The van der Waals surface area contributed by atoms with Crippen LogP contribution in [0.5, 0.6) is 5.75 Å².